The predicted octanol–water partition coefficient (Wildman–Crippen LogP) is 3.70. The largest absolute Gasteiger partial charge is 0.261 e. The maximum Gasteiger partial charge on any atom is 0.244 e. The molecule has 0 aliphatic carbocycles. The number of sulfonamides is 1. The summed E-state index contributed by atoms with van der Waals surface area (Å²) in [6.07, 6.45) is 2.54. The van der Waals surface area contributed by atoms with Crippen molar-refractivity contribution >= 4 is 10.0 Å². The fourth-order valence-electron chi connectivity index (χ4n) is 3.58. The Kier molecular flexibility index (Phi) is 4.80. The van der Waals surface area contributed by atoms with E-state index >= 15 is 0 Å². The maximum atomic E-state index is 13.3. The Balaban J connectivity index is 1.70. The van der Waals surface area contributed by atoms with Gasteiger partial charge in [-0.15, -0.1) is 0 Å². The number of hydrogen-bond donors (Lipinski definition) is 1. The van der Waals surface area contributed by atoms with E-state index in [2.05, 4.69) is 15.2 Å². The quantitative estimate of drug-likeness (QED) is 0.746. The van der Waals surface area contributed by atoms with Crippen LogP contribution in [0.15, 0.2) is 59.5 Å². The number of nitrogens with one attached hydrogen (secondary N) is 1. The minimum atomic E-state index is -3.60. The minimum absolute atomic E-state index is 0.326. The first kappa shape index (κ1) is 17.9. The Morgan fingerprint density at radius 1 is 1.04 bits per heavy atom. The van der Waals surface area contributed by atoms with Crippen molar-refractivity contribution in [1.29, 1.82) is 0 Å². The summed E-state index contributed by atoms with van der Waals surface area (Å²) in [5.74, 6) is 1.19. The van der Waals surface area contributed by atoms with E-state index in [1.165, 1.54) is 0 Å². The molecule has 0 bridgehead atoms. The number of piperidine rings is 1. The molecule has 1 aliphatic heterocycles. The standard InChI is InChI=1S/C20H22N4O2S/c1-15-9-5-6-13-18(15)27(25,26)24-14-8-7-12-17(24)20-21-19(22-23-20)16-10-3-2-4-11-16/h2-6,9-11,13,17H,7-8,12,14H2,1H3,(H,21,22,23). The summed E-state index contributed by atoms with van der Waals surface area (Å²) < 4.78 is 28.2. The van der Waals surface area contributed by atoms with Crippen molar-refractivity contribution in [3.8, 4) is 11.4 Å². The highest BCUT2D eigenvalue weighted by atomic mass is 32.2. The summed E-state index contributed by atoms with van der Waals surface area (Å²) in [6.45, 7) is 2.32. The van der Waals surface area contributed by atoms with Crippen LogP contribution < -0.4 is 0 Å². The monoisotopic (exact) mass is 382 g/mol. The molecule has 0 amide bonds. The van der Waals surface area contributed by atoms with Gasteiger partial charge < -0.3 is 0 Å². The van der Waals surface area contributed by atoms with Crippen LogP contribution in [0.5, 0.6) is 0 Å². The van der Waals surface area contributed by atoms with Crippen molar-refractivity contribution in [1.82, 2.24) is 19.5 Å². The average molecular weight is 382 g/mol. The zero-order valence-electron chi connectivity index (χ0n) is 15.2. The van der Waals surface area contributed by atoms with Crippen molar-refractivity contribution in [2.45, 2.75) is 37.1 Å². The van der Waals surface area contributed by atoms with Gasteiger partial charge in [0, 0.05) is 12.1 Å². The molecule has 0 saturated carbocycles. The highest BCUT2D eigenvalue weighted by molar-refractivity contribution is 7.89. The van der Waals surface area contributed by atoms with Gasteiger partial charge in [0.2, 0.25) is 10.0 Å². The third-order valence-electron chi connectivity index (χ3n) is 4.98. The van der Waals surface area contributed by atoms with Gasteiger partial charge in [0.1, 0.15) is 5.82 Å². The Bertz CT molecular complexity index is 1030. The lowest BCUT2D eigenvalue weighted by Gasteiger charge is -2.33. The van der Waals surface area contributed by atoms with Crippen LogP contribution in [0.3, 0.4) is 0 Å². The zero-order chi connectivity index (χ0) is 18.9. The SMILES string of the molecule is Cc1ccccc1S(=O)(=O)N1CCCCC1c1nc(-c2ccccc2)n[nH]1. The Labute approximate surface area is 159 Å². The lowest BCUT2D eigenvalue weighted by molar-refractivity contribution is 0.247. The van der Waals surface area contributed by atoms with Gasteiger partial charge >= 0.3 is 0 Å². The van der Waals surface area contributed by atoms with Gasteiger partial charge in [-0.2, -0.15) is 9.40 Å². The normalized spacial score (nSPS) is 18.5. The molecule has 3 aromatic rings. The van der Waals surface area contributed by atoms with E-state index in [0.717, 1.165) is 30.4 Å². The summed E-state index contributed by atoms with van der Waals surface area (Å²) >= 11 is 0. The van der Waals surface area contributed by atoms with Gasteiger partial charge in [0.25, 0.3) is 0 Å². The molecule has 7 heteroatoms. The van der Waals surface area contributed by atoms with Gasteiger partial charge in [-0.05, 0) is 31.4 Å². The fourth-order valence-corrected chi connectivity index (χ4v) is 5.47. The fraction of sp³-hybridized carbons (Fsp3) is 0.300. The molecule has 6 nitrogen and oxygen atoms in total. The van der Waals surface area contributed by atoms with E-state index in [1.54, 1.807) is 16.4 Å². The Morgan fingerprint density at radius 3 is 2.56 bits per heavy atom. The predicted molar refractivity (Wildman–Crippen MR) is 103 cm³/mol. The first-order chi connectivity index (χ1) is 13.1. The number of rotatable bonds is 4. The average Bonchev–Trinajstić information content (AvgIpc) is 3.19. The maximum absolute atomic E-state index is 13.3. The topological polar surface area (TPSA) is 79.0 Å². The van der Waals surface area contributed by atoms with E-state index in [4.69, 9.17) is 0 Å². The van der Waals surface area contributed by atoms with Gasteiger partial charge in [-0.3, -0.25) is 5.10 Å². The van der Waals surface area contributed by atoms with Crippen LogP contribution in [0.1, 0.15) is 36.7 Å². The van der Waals surface area contributed by atoms with E-state index < -0.39 is 10.0 Å². The molecule has 1 aliphatic rings. The van der Waals surface area contributed by atoms with E-state index in [1.807, 2.05) is 49.4 Å². The molecule has 140 valence electrons. The molecule has 1 atom stereocenters. The molecule has 0 radical (unpaired) electrons. The van der Waals surface area contributed by atoms with E-state index in [0.29, 0.717) is 23.1 Å². The van der Waals surface area contributed by atoms with Gasteiger partial charge in [-0.1, -0.05) is 55.0 Å². The number of hydrogen-bond acceptors (Lipinski definition) is 4. The van der Waals surface area contributed by atoms with Crippen LogP contribution in [0, 0.1) is 6.92 Å². The van der Waals surface area contributed by atoms with Crippen LogP contribution in [-0.4, -0.2) is 34.4 Å². The molecule has 1 unspecified atom stereocenters. The Morgan fingerprint density at radius 2 is 1.78 bits per heavy atom. The second kappa shape index (κ2) is 7.25. The molecule has 2 aromatic carbocycles. The lowest BCUT2D eigenvalue weighted by Crippen LogP contribution is -2.39. The molecule has 1 saturated heterocycles. The Hall–Kier alpha value is -2.51. The molecular weight excluding hydrogens is 360 g/mol. The van der Waals surface area contributed by atoms with E-state index in [-0.39, 0.29) is 6.04 Å². The van der Waals surface area contributed by atoms with Gasteiger partial charge in [0.05, 0.1) is 10.9 Å². The number of aromatic amines is 1. The van der Waals surface area contributed by atoms with Gasteiger partial charge in [0.15, 0.2) is 5.82 Å². The lowest BCUT2D eigenvalue weighted by atomic mass is 10.0. The van der Waals surface area contributed by atoms with Crippen molar-refractivity contribution in [3.05, 3.63) is 66.0 Å². The number of benzene rings is 2. The summed E-state index contributed by atoms with van der Waals surface area (Å²) in [7, 11) is -3.60. The number of aryl methyl sites for hydroxylation is 1. The van der Waals surface area contributed by atoms with Crippen molar-refractivity contribution in [3.63, 3.8) is 0 Å². The number of aromatic nitrogens is 3. The molecule has 1 N–H and O–H groups in total. The molecule has 2 heterocycles. The minimum Gasteiger partial charge on any atom is -0.261 e. The third-order valence-corrected chi connectivity index (χ3v) is 7.05. The second-order valence-electron chi connectivity index (χ2n) is 6.80. The number of nitrogens with zero attached hydrogens (tertiary/aromatic N) is 3. The van der Waals surface area contributed by atoms with Crippen molar-refractivity contribution in [2.75, 3.05) is 6.54 Å². The van der Waals surface area contributed by atoms with Crippen molar-refractivity contribution < 1.29 is 8.42 Å². The molecule has 1 fully saturated rings. The molecule has 27 heavy (non-hydrogen) atoms. The highest BCUT2D eigenvalue weighted by Gasteiger charge is 2.36. The summed E-state index contributed by atoms with van der Waals surface area (Å²) in [5, 5.41) is 7.29. The van der Waals surface area contributed by atoms with Crippen LogP contribution in [0.25, 0.3) is 11.4 Å². The molecule has 0 spiro atoms. The van der Waals surface area contributed by atoms with Crippen molar-refractivity contribution in [2.24, 2.45) is 0 Å². The summed E-state index contributed by atoms with van der Waals surface area (Å²) in [4.78, 5) is 4.97. The molecular formula is C20H22N4O2S. The molecule has 4 rings (SSSR count). The zero-order valence-corrected chi connectivity index (χ0v) is 16.0. The number of H-pyrrole nitrogens is 1. The smallest absolute Gasteiger partial charge is 0.244 e. The van der Waals surface area contributed by atoms with E-state index in [9.17, 15) is 8.42 Å². The van der Waals surface area contributed by atoms with Crippen LogP contribution in [0.4, 0.5) is 0 Å². The third kappa shape index (κ3) is 3.40. The first-order valence-corrected chi connectivity index (χ1v) is 10.6. The first-order valence-electron chi connectivity index (χ1n) is 9.12. The second-order valence-corrected chi connectivity index (χ2v) is 8.66. The summed E-state index contributed by atoms with van der Waals surface area (Å²) in [6, 6.07) is 16.5. The molecule has 1 aromatic heterocycles. The van der Waals surface area contributed by atoms with Crippen LogP contribution >= 0.6 is 0 Å². The van der Waals surface area contributed by atoms with Gasteiger partial charge in [-0.25, -0.2) is 13.4 Å². The highest BCUT2D eigenvalue weighted by Crippen LogP contribution is 2.35. The van der Waals surface area contributed by atoms with Crippen LogP contribution in [0.2, 0.25) is 0 Å². The summed E-state index contributed by atoms with van der Waals surface area (Å²) in [5.41, 5.74) is 1.66. The van der Waals surface area contributed by atoms with Crippen LogP contribution in [-0.2, 0) is 10.0 Å².